The third-order valence-corrected chi connectivity index (χ3v) is 6.10. The predicted octanol–water partition coefficient (Wildman–Crippen LogP) is 2.91. The SMILES string of the molecule is COCCn1[nH]c(=O)c2cc(-c3c(Cl)cc(C)c(S(N)(=O)=O)c3Cl)ccc21. The lowest BCUT2D eigenvalue weighted by atomic mass is 10.0. The fourth-order valence-corrected chi connectivity index (χ4v) is 5.00. The van der Waals surface area contributed by atoms with Gasteiger partial charge >= 0.3 is 0 Å². The number of hydrogen-bond acceptors (Lipinski definition) is 4. The number of methoxy groups -OCH3 is 1. The van der Waals surface area contributed by atoms with Crippen molar-refractivity contribution in [2.75, 3.05) is 13.7 Å². The van der Waals surface area contributed by atoms with E-state index in [4.69, 9.17) is 33.1 Å². The number of nitrogens with one attached hydrogen (secondary N) is 1. The number of halogens is 2. The Hall–Kier alpha value is -1.84. The third-order valence-electron chi connectivity index (χ3n) is 4.22. The van der Waals surface area contributed by atoms with Gasteiger partial charge in [0, 0.05) is 12.7 Å². The van der Waals surface area contributed by atoms with Gasteiger partial charge in [-0.25, -0.2) is 13.6 Å². The first-order valence-electron chi connectivity index (χ1n) is 7.88. The van der Waals surface area contributed by atoms with E-state index in [1.807, 2.05) is 0 Å². The number of aryl methyl sites for hydroxylation is 1. The standard InChI is InChI=1S/C17H17Cl2N3O4S/c1-9-7-12(18)14(15(19)16(9)27(20,24)25)10-3-4-13-11(8-10)17(23)21-22(13)5-6-26-2/h3-4,7-8H,5-6H2,1-2H3,(H,21,23)(H2,20,24,25). The summed E-state index contributed by atoms with van der Waals surface area (Å²) >= 11 is 12.7. The average Bonchev–Trinajstić information content (AvgIpc) is 2.87. The van der Waals surface area contributed by atoms with E-state index in [1.165, 1.54) is 6.07 Å². The van der Waals surface area contributed by atoms with Crippen molar-refractivity contribution in [3.8, 4) is 11.1 Å². The number of nitrogens with two attached hydrogens (primary N) is 1. The number of rotatable bonds is 5. The summed E-state index contributed by atoms with van der Waals surface area (Å²) in [7, 11) is -2.47. The third kappa shape index (κ3) is 3.63. The van der Waals surface area contributed by atoms with Gasteiger partial charge in [0.2, 0.25) is 10.0 Å². The van der Waals surface area contributed by atoms with Gasteiger partial charge in [-0.3, -0.25) is 14.6 Å². The van der Waals surface area contributed by atoms with E-state index in [0.717, 1.165) is 0 Å². The molecule has 0 aliphatic carbocycles. The molecule has 0 saturated heterocycles. The van der Waals surface area contributed by atoms with Gasteiger partial charge in [-0.05, 0) is 36.2 Å². The minimum atomic E-state index is -4.04. The zero-order valence-corrected chi connectivity index (χ0v) is 16.9. The molecular weight excluding hydrogens is 413 g/mol. The highest BCUT2D eigenvalue weighted by Gasteiger charge is 2.23. The number of primary sulfonamides is 1. The second kappa shape index (κ2) is 7.29. The Morgan fingerprint density at radius 1 is 1.26 bits per heavy atom. The van der Waals surface area contributed by atoms with Gasteiger partial charge < -0.3 is 4.74 Å². The molecule has 0 spiro atoms. The molecule has 0 radical (unpaired) electrons. The Labute approximate surface area is 165 Å². The van der Waals surface area contributed by atoms with Crippen LogP contribution < -0.4 is 10.7 Å². The van der Waals surface area contributed by atoms with Crippen molar-refractivity contribution in [3.05, 3.63) is 50.2 Å². The molecular formula is C17H17Cl2N3O4S. The first-order chi connectivity index (χ1) is 12.6. The molecule has 3 rings (SSSR count). The Morgan fingerprint density at radius 2 is 1.96 bits per heavy atom. The van der Waals surface area contributed by atoms with Gasteiger partial charge in [0.25, 0.3) is 5.56 Å². The number of hydrogen-bond donors (Lipinski definition) is 2. The Bertz CT molecular complexity index is 1200. The van der Waals surface area contributed by atoms with Crippen molar-refractivity contribution >= 4 is 44.1 Å². The van der Waals surface area contributed by atoms with Crippen LogP contribution in [0.1, 0.15) is 5.56 Å². The summed E-state index contributed by atoms with van der Waals surface area (Å²) in [6.45, 7) is 2.48. The largest absolute Gasteiger partial charge is 0.383 e. The molecule has 1 aromatic heterocycles. The topological polar surface area (TPSA) is 107 Å². The minimum Gasteiger partial charge on any atom is -0.383 e. The smallest absolute Gasteiger partial charge is 0.271 e. The van der Waals surface area contributed by atoms with Gasteiger partial charge in [0.05, 0.1) is 34.1 Å². The maximum Gasteiger partial charge on any atom is 0.271 e. The molecule has 0 atom stereocenters. The van der Waals surface area contributed by atoms with Gasteiger partial charge in [0.15, 0.2) is 0 Å². The molecule has 0 aliphatic heterocycles. The number of benzene rings is 2. The van der Waals surface area contributed by atoms with E-state index in [2.05, 4.69) is 5.10 Å². The van der Waals surface area contributed by atoms with Crippen molar-refractivity contribution in [1.82, 2.24) is 9.78 Å². The molecule has 7 nitrogen and oxygen atoms in total. The van der Waals surface area contributed by atoms with Crippen LogP contribution in [0.2, 0.25) is 10.0 Å². The Kier molecular flexibility index (Phi) is 5.38. The zero-order chi connectivity index (χ0) is 19.9. The molecule has 2 aromatic carbocycles. The summed E-state index contributed by atoms with van der Waals surface area (Å²) in [6.07, 6.45) is 0. The van der Waals surface area contributed by atoms with Crippen LogP contribution in [0, 0.1) is 6.92 Å². The highest BCUT2D eigenvalue weighted by molar-refractivity contribution is 7.89. The molecule has 0 fully saturated rings. The molecule has 10 heteroatoms. The zero-order valence-electron chi connectivity index (χ0n) is 14.5. The van der Waals surface area contributed by atoms with Crippen LogP contribution in [0.5, 0.6) is 0 Å². The van der Waals surface area contributed by atoms with E-state index < -0.39 is 10.0 Å². The van der Waals surface area contributed by atoms with Crippen LogP contribution in [0.25, 0.3) is 22.0 Å². The van der Waals surface area contributed by atoms with E-state index in [9.17, 15) is 13.2 Å². The number of aromatic amines is 1. The van der Waals surface area contributed by atoms with Crippen LogP contribution in [0.3, 0.4) is 0 Å². The summed E-state index contributed by atoms with van der Waals surface area (Å²) < 4.78 is 30.6. The molecule has 0 bridgehead atoms. The number of ether oxygens (including phenoxy) is 1. The fraction of sp³-hybridized carbons (Fsp3) is 0.235. The molecule has 3 aromatic rings. The highest BCUT2D eigenvalue weighted by atomic mass is 35.5. The van der Waals surface area contributed by atoms with E-state index >= 15 is 0 Å². The minimum absolute atomic E-state index is 0.0721. The summed E-state index contributed by atoms with van der Waals surface area (Å²) in [5.74, 6) is 0. The lowest BCUT2D eigenvalue weighted by Gasteiger charge is -2.14. The highest BCUT2D eigenvalue weighted by Crippen LogP contribution is 2.40. The quantitative estimate of drug-likeness (QED) is 0.649. The van der Waals surface area contributed by atoms with Gasteiger partial charge in [-0.15, -0.1) is 0 Å². The lowest BCUT2D eigenvalue weighted by molar-refractivity contribution is 0.184. The number of aromatic nitrogens is 2. The van der Waals surface area contributed by atoms with Crippen LogP contribution in [-0.4, -0.2) is 31.9 Å². The van der Waals surface area contributed by atoms with Crippen molar-refractivity contribution in [1.29, 1.82) is 0 Å². The van der Waals surface area contributed by atoms with Crippen LogP contribution >= 0.6 is 23.2 Å². The summed E-state index contributed by atoms with van der Waals surface area (Å²) in [5, 5.41) is 8.65. The molecule has 0 unspecified atom stereocenters. The summed E-state index contributed by atoms with van der Waals surface area (Å²) in [5.41, 5.74) is 1.57. The normalized spacial score (nSPS) is 12.0. The van der Waals surface area contributed by atoms with Crippen LogP contribution in [0.15, 0.2) is 34.0 Å². The van der Waals surface area contributed by atoms with Crippen molar-refractivity contribution in [2.24, 2.45) is 5.14 Å². The van der Waals surface area contributed by atoms with Gasteiger partial charge in [0.1, 0.15) is 4.90 Å². The molecule has 144 valence electrons. The first kappa shape index (κ1) is 19.9. The van der Waals surface area contributed by atoms with Crippen molar-refractivity contribution in [3.63, 3.8) is 0 Å². The molecule has 0 saturated carbocycles. The number of fused-ring (bicyclic) bond motifs is 1. The monoisotopic (exact) mass is 429 g/mol. The van der Waals surface area contributed by atoms with Crippen molar-refractivity contribution in [2.45, 2.75) is 18.4 Å². The molecule has 27 heavy (non-hydrogen) atoms. The second-order valence-corrected chi connectivity index (χ2v) is 8.34. The van der Waals surface area contributed by atoms with E-state index in [-0.39, 0.29) is 20.5 Å². The maximum absolute atomic E-state index is 12.3. The lowest BCUT2D eigenvalue weighted by Crippen LogP contribution is -2.14. The predicted molar refractivity (Wildman–Crippen MR) is 106 cm³/mol. The first-order valence-corrected chi connectivity index (χ1v) is 10.2. The maximum atomic E-state index is 12.3. The van der Waals surface area contributed by atoms with Crippen LogP contribution in [-0.2, 0) is 21.3 Å². The molecule has 0 amide bonds. The second-order valence-electron chi connectivity index (χ2n) is 6.06. The van der Waals surface area contributed by atoms with Gasteiger partial charge in [-0.2, -0.15) is 0 Å². The average molecular weight is 430 g/mol. The van der Waals surface area contributed by atoms with Gasteiger partial charge in [-0.1, -0.05) is 29.3 Å². The number of sulfonamides is 1. The Balaban J connectivity index is 2.25. The summed E-state index contributed by atoms with van der Waals surface area (Å²) in [6, 6.07) is 6.56. The van der Waals surface area contributed by atoms with Crippen molar-refractivity contribution < 1.29 is 13.2 Å². The Morgan fingerprint density at radius 3 is 2.59 bits per heavy atom. The molecule has 0 aliphatic rings. The van der Waals surface area contributed by atoms with E-state index in [0.29, 0.717) is 40.7 Å². The molecule has 1 heterocycles. The van der Waals surface area contributed by atoms with Crippen LogP contribution in [0.4, 0.5) is 0 Å². The summed E-state index contributed by atoms with van der Waals surface area (Å²) in [4.78, 5) is 12.1. The molecule has 3 N–H and O–H groups in total. The van der Waals surface area contributed by atoms with E-state index in [1.54, 1.807) is 36.9 Å². The number of nitrogens with zero attached hydrogens (tertiary/aromatic N) is 1. The number of H-pyrrole nitrogens is 1. The fourth-order valence-electron chi connectivity index (χ4n) is 3.04.